The summed E-state index contributed by atoms with van der Waals surface area (Å²) >= 11 is 1.98. The van der Waals surface area contributed by atoms with Crippen molar-refractivity contribution < 1.29 is 0 Å². The van der Waals surface area contributed by atoms with Crippen molar-refractivity contribution in [3.63, 3.8) is 0 Å². The van der Waals surface area contributed by atoms with Gasteiger partial charge in [-0.15, -0.1) is 0 Å². The third-order valence-corrected chi connectivity index (χ3v) is 4.29. The summed E-state index contributed by atoms with van der Waals surface area (Å²) in [5.74, 6) is 2.98. The van der Waals surface area contributed by atoms with Crippen LogP contribution in [0.15, 0.2) is 29.3 Å². The summed E-state index contributed by atoms with van der Waals surface area (Å²) in [6, 6.07) is 8.45. The predicted octanol–water partition coefficient (Wildman–Crippen LogP) is 1.61. The first kappa shape index (κ1) is 15.2. The highest BCUT2D eigenvalue weighted by Crippen LogP contribution is 2.13. The van der Waals surface area contributed by atoms with E-state index in [-0.39, 0.29) is 0 Å². The van der Waals surface area contributed by atoms with Crippen LogP contribution in [0.4, 0.5) is 0 Å². The molecule has 0 aliphatic carbocycles. The topological polar surface area (TPSA) is 44.9 Å². The van der Waals surface area contributed by atoms with Crippen molar-refractivity contribution in [2.45, 2.75) is 13.1 Å². The molecule has 20 heavy (non-hydrogen) atoms. The van der Waals surface area contributed by atoms with Crippen LogP contribution in [0.2, 0.25) is 0 Å². The second-order valence-corrected chi connectivity index (χ2v) is 6.51. The molecule has 5 heteroatoms. The summed E-state index contributed by atoms with van der Waals surface area (Å²) in [4.78, 5) is 8.94. The minimum Gasteiger partial charge on any atom is -0.370 e. The maximum atomic E-state index is 6.10. The Hall–Kier alpha value is -1.20. The Morgan fingerprint density at radius 3 is 2.55 bits per heavy atom. The van der Waals surface area contributed by atoms with Crippen molar-refractivity contribution in [2.24, 2.45) is 10.7 Å². The molecule has 1 aromatic rings. The summed E-state index contributed by atoms with van der Waals surface area (Å²) in [7, 11) is 4.17. The number of nitrogens with zero attached hydrogens (tertiary/aromatic N) is 3. The number of aliphatic imine (C=N–C) groups is 1. The molecule has 0 bridgehead atoms. The fourth-order valence-corrected chi connectivity index (χ4v) is 3.17. The number of nitrogens with two attached hydrogens (primary N) is 1. The Morgan fingerprint density at radius 1 is 1.25 bits per heavy atom. The predicted molar refractivity (Wildman–Crippen MR) is 88.1 cm³/mol. The van der Waals surface area contributed by atoms with Gasteiger partial charge in [0.25, 0.3) is 0 Å². The highest BCUT2D eigenvalue weighted by Gasteiger charge is 2.12. The molecule has 0 unspecified atom stereocenters. The van der Waals surface area contributed by atoms with Crippen LogP contribution in [0.3, 0.4) is 0 Å². The summed E-state index contributed by atoms with van der Waals surface area (Å²) in [6.07, 6.45) is 0. The molecule has 2 N–H and O–H groups in total. The summed E-state index contributed by atoms with van der Waals surface area (Å²) in [6.45, 7) is 3.63. The van der Waals surface area contributed by atoms with Gasteiger partial charge in [-0.05, 0) is 25.2 Å². The van der Waals surface area contributed by atoms with Crippen LogP contribution < -0.4 is 5.73 Å². The summed E-state index contributed by atoms with van der Waals surface area (Å²) in [5.41, 5.74) is 8.69. The van der Waals surface area contributed by atoms with Crippen molar-refractivity contribution in [3.8, 4) is 0 Å². The molecule has 0 saturated carbocycles. The minimum absolute atomic E-state index is 0.666. The van der Waals surface area contributed by atoms with Crippen LogP contribution >= 0.6 is 11.8 Å². The molecular weight excluding hydrogens is 268 g/mol. The molecule has 0 aromatic heterocycles. The molecule has 0 radical (unpaired) electrons. The third-order valence-electron chi connectivity index (χ3n) is 3.35. The SMILES string of the molecule is CN(C)Cc1ccccc1CN=C(N)N1CCSCC1. The largest absolute Gasteiger partial charge is 0.370 e. The fourth-order valence-electron chi connectivity index (χ4n) is 2.27. The zero-order valence-electron chi connectivity index (χ0n) is 12.4. The van der Waals surface area contributed by atoms with E-state index in [0.29, 0.717) is 12.5 Å². The van der Waals surface area contributed by atoms with Gasteiger partial charge in [-0.25, -0.2) is 4.99 Å². The normalized spacial score (nSPS) is 16.8. The quantitative estimate of drug-likeness (QED) is 0.676. The molecule has 1 fully saturated rings. The lowest BCUT2D eigenvalue weighted by Crippen LogP contribution is -2.42. The van der Waals surface area contributed by atoms with E-state index in [1.807, 2.05) is 11.8 Å². The zero-order valence-corrected chi connectivity index (χ0v) is 13.2. The first-order valence-electron chi connectivity index (χ1n) is 7.01. The van der Waals surface area contributed by atoms with Gasteiger partial charge in [0.1, 0.15) is 0 Å². The van der Waals surface area contributed by atoms with Crippen LogP contribution in [-0.2, 0) is 13.1 Å². The maximum absolute atomic E-state index is 6.10. The molecule has 1 aliphatic heterocycles. The van der Waals surface area contributed by atoms with Crippen molar-refractivity contribution in [1.82, 2.24) is 9.80 Å². The molecule has 1 aliphatic rings. The van der Waals surface area contributed by atoms with Gasteiger partial charge in [-0.3, -0.25) is 0 Å². The van der Waals surface area contributed by atoms with Gasteiger partial charge in [0.15, 0.2) is 5.96 Å². The zero-order chi connectivity index (χ0) is 14.4. The average molecular weight is 292 g/mol. The first-order valence-corrected chi connectivity index (χ1v) is 8.16. The molecule has 1 aromatic carbocycles. The third kappa shape index (κ3) is 4.42. The maximum Gasteiger partial charge on any atom is 0.191 e. The number of guanidine groups is 1. The van der Waals surface area contributed by atoms with Crippen LogP contribution in [0.25, 0.3) is 0 Å². The van der Waals surface area contributed by atoms with Gasteiger partial charge in [-0.2, -0.15) is 11.8 Å². The van der Waals surface area contributed by atoms with E-state index in [9.17, 15) is 0 Å². The lowest BCUT2D eigenvalue weighted by molar-refractivity contribution is 0.401. The van der Waals surface area contributed by atoms with Crippen LogP contribution in [-0.4, -0.2) is 54.4 Å². The van der Waals surface area contributed by atoms with Crippen LogP contribution in [0.1, 0.15) is 11.1 Å². The average Bonchev–Trinajstić information content (AvgIpc) is 2.46. The lowest BCUT2D eigenvalue weighted by atomic mass is 10.1. The number of rotatable bonds is 4. The van der Waals surface area contributed by atoms with Crippen molar-refractivity contribution >= 4 is 17.7 Å². The van der Waals surface area contributed by atoms with E-state index in [2.05, 4.69) is 53.2 Å². The lowest BCUT2D eigenvalue weighted by Gasteiger charge is -2.27. The van der Waals surface area contributed by atoms with Gasteiger partial charge < -0.3 is 15.5 Å². The summed E-state index contributed by atoms with van der Waals surface area (Å²) < 4.78 is 0. The Morgan fingerprint density at radius 2 is 1.90 bits per heavy atom. The van der Waals surface area contributed by atoms with Gasteiger partial charge in [0.05, 0.1) is 6.54 Å². The smallest absolute Gasteiger partial charge is 0.191 e. The Kier molecular flexibility index (Phi) is 5.73. The molecule has 4 nitrogen and oxygen atoms in total. The Bertz CT molecular complexity index is 453. The van der Waals surface area contributed by atoms with E-state index in [4.69, 9.17) is 5.73 Å². The Balaban J connectivity index is 2.02. The number of thioether (sulfide) groups is 1. The molecule has 0 amide bonds. The van der Waals surface area contributed by atoms with Crippen LogP contribution in [0, 0.1) is 0 Å². The molecule has 2 rings (SSSR count). The molecule has 0 spiro atoms. The molecule has 0 atom stereocenters. The van der Waals surface area contributed by atoms with E-state index >= 15 is 0 Å². The van der Waals surface area contributed by atoms with Gasteiger partial charge in [0, 0.05) is 31.1 Å². The van der Waals surface area contributed by atoms with E-state index in [1.165, 1.54) is 11.1 Å². The van der Waals surface area contributed by atoms with Gasteiger partial charge >= 0.3 is 0 Å². The highest BCUT2D eigenvalue weighted by atomic mass is 32.2. The molecule has 1 saturated heterocycles. The Labute approximate surface area is 126 Å². The van der Waals surface area contributed by atoms with E-state index < -0.39 is 0 Å². The second-order valence-electron chi connectivity index (χ2n) is 5.28. The van der Waals surface area contributed by atoms with Crippen molar-refractivity contribution in [1.29, 1.82) is 0 Å². The molecule has 110 valence electrons. The van der Waals surface area contributed by atoms with Gasteiger partial charge in [0.2, 0.25) is 0 Å². The number of hydrogen-bond acceptors (Lipinski definition) is 3. The van der Waals surface area contributed by atoms with E-state index in [1.54, 1.807) is 0 Å². The second kappa shape index (κ2) is 7.55. The number of hydrogen-bond donors (Lipinski definition) is 1. The van der Waals surface area contributed by atoms with Crippen LogP contribution in [0.5, 0.6) is 0 Å². The monoisotopic (exact) mass is 292 g/mol. The highest BCUT2D eigenvalue weighted by molar-refractivity contribution is 7.99. The molecular formula is C15H24N4S. The number of benzene rings is 1. The first-order chi connectivity index (χ1) is 9.66. The van der Waals surface area contributed by atoms with Crippen molar-refractivity contribution in [2.75, 3.05) is 38.7 Å². The fraction of sp³-hybridized carbons (Fsp3) is 0.533. The van der Waals surface area contributed by atoms with Crippen molar-refractivity contribution in [3.05, 3.63) is 35.4 Å². The van der Waals surface area contributed by atoms with Gasteiger partial charge in [-0.1, -0.05) is 24.3 Å². The minimum atomic E-state index is 0.666. The molecule has 1 heterocycles. The van der Waals surface area contributed by atoms with E-state index in [0.717, 1.165) is 31.1 Å². The standard InChI is InChI=1S/C15H24N4S/c1-18(2)12-14-6-4-3-5-13(14)11-17-15(16)19-7-9-20-10-8-19/h3-6H,7-12H2,1-2H3,(H2,16,17). The summed E-state index contributed by atoms with van der Waals surface area (Å²) in [5, 5.41) is 0.